The van der Waals surface area contributed by atoms with Crippen LogP contribution in [0.25, 0.3) is 0 Å². The Hall–Kier alpha value is -1.85. The van der Waals surface area contributed by atoms with Crippen molar-refractivity contribution in [3.8, 4) is 0 Å². The van der Waals surface area contributed by atoms with E-state index in [4.69, 9.17) is 9.47 Å². The van der Waals surface area contributed by atoms with Gasteiger partial charge in [0.15, 0.2) is 0 Å². The fraction of sp³-hybridized carbons (Fsp3) is 0.812. The summed E-state index contributed by atoms with van der Waals surface area (Å²) in [5.41, 5.74) is 0. The van der Waals surface area contributed by atoms with E-state index in [0.717, 1.165) is 51.8 Å². The highest BCUT2D eigenvalue weighted by Crippen LogP contribution is 2.12. The van der Waals surface area contributed by atoms with Crippen molar-refractivity contribution in [3.05, 3.63) is 48.6 Å². The van der Waals surface area contributed by atoms with Gasteiger partial charge in [-0.3, -0.25) is 0 Å². The third kappa shape index (κ3) is 35.6. The van der Waals surface area contributed by atoms with Crippen LogP contribution in [-0.2, 0) is 9.47 Å². The Labute approximate surface area is 330 Å². The lowest BCUT2D eigenvalue weighted by Crippen LogP contribution is -2.36. The highest BCUT2D eigenvalue weighted by molar-refractivity contribution is 5.67. The second kappa shape index (κ2) is 41.3. The predicted molar refractivity (Wildman–Crippen MR) is 232 cm³/mol. The molecule has 0 radical (unpaired) electrons. The molecule has 5 heteroatoms. The highest BCUT2D eigenvalue weighted by atomic mass is 16.6. The van der Waals surface area contributed by atoms with Gasteiger partial charge < -0.3 is 19.3 Å². The first-order valence-corrected chi connectivity index (χ1v) is 23.1. The topological polar surface area (TPSA) is 42.0 Å². The molecule has 0 aromatic carbocycles. The predicted octanol–water partition coefficient (Wildman–Crippen LogP) is 14.3. The average molecular weight is 741 g/mol. The van der Waals surface area contributed by atoms with Crippen LogP contribution in [0.5, 0.6) is 0 Å². The van der Waals surface area contributed by atoms with Gasteiger partial charge in [-0.15, -0.1) is 0 Å². The largest absolute Gasteiger partial charge is 0.449 e. The van der Waals surface area contributed by atoms with Crippen LogP contribution >= 0.6 is 0 Å². The number of hydrogen-bond acceptors (Lipinski definition) is 4. The summed E-state index contributed by atoms with van der Waals surface area (Å²) in [5.74, 6) is 0. The zero-order chi connectivity index (χ0) is 38.0. The molecule has 0 spiro atoms. The quantitative estimate of drug-likeness (QED) is 0.0470. The minimum atomic E-state index is -0.152. The Morgan fingerprint density at radius 1 is 0.491 bits per heavy atom. The van der Waals surface area contributed by atoms with Gasteiger partial charge >= 0.3 is 6.09 Å². The smallest absolute Gasteiger partial charge is 0.409 e. The molecule has 1 aliphatic rings. The van der Waals surface area contributed by atoms with Crippen LogP contribution in [0.15, 0.2) is 48.6 Å². The van der Waals surface area contributed by atoms with Crippen molar-refractivity contribution in [1.29, 1.82) is 0 Å². The van der Waals surface area contributed by atoms with E-state index in [1.165, 1.54) is 167 Å². The maximum atomic E-state index is 13.1. The lowest BCUT2D eigenvalue weighted by molar-refractivity contribution is 0.0709. The fourth-order valence-corrected chi connectivity index (χ4v) is 6.95. The molecule has 0 aromatic rings. The second-order valence-electron chi connectivity index (χ2n) is 15.5. The number of rotatable bonds is 37. The average Bonchev–Trinajstić information content (AvgIpc) is 3.45. The van der Waals surface area contributed by atoms with Gasteiger partial charge in [0.1, 0.15) is 0 Å². The van der Waals surface area contributed by atoms with Crippen molar-refractivity contribution in [2.75, 3.05) is 52.5 Å². The Kier molecular flexibility index (Phi) is 38.3. The molecule has 5 nitrogen and oxygen atoms in total. The van der Waals surface area contributed by atoms with Gasteiger partial charge in [-0.25, -0.2) is 4.79 Å². The monoisotopic (exact) mass is 741 g/mol. The molecular formula is C48H88N2O3. The molecule has 1 saturated heterocycles. The number of ether oxygens (including phenoxy) is 2. The zero-order valence-corrected chi connectivity index (χ0v) is 35.4. The summed E-state index contributed by atoms with van der Waals surface area (Å²) in [4.78, 5) is 17.5. The number of unbranched alkanes of at least 4 members (excludes halogenated alkanes) is 18. The number of nitrogens with zero attached hydrogens (tertiary/aromatic N) is 2. The molecule has 1 fully saturated rings. The third-order valence-corrected chi connectivity index (χ3v) is 10.4. The normalized spacial score (nSPS) is 14.4. The summed E-state index contributed by atoms with van der Waals surface area (Å²) < 4.78 is 11.8. The number of allylic oxidation sites excluding steroid dienone is 8. The molecule has 1 aliphatic heterocycles. The first-order valence-electron chi connectivity index (χ1n) is 23.1. The highest BCUT2D eigenvalue weighted by Gasteiger charge is 2.15. The van der Waals surface area contributed by atoms with Crippen LogP contribution in [0.1, 0.15) is 200 Å². The summed E-state index contributed by atoms with van der Waals surface area (Å²) in [6, 6.07) is 0. The van der Waals surface area contributed by atoms with Gasteiger partial charge in [0, 0.05) is 26.2 Å². The van der Waals surface area contributed by atoms with Crippen molar-refractivity contribution in [3.63, 3.8) is 0 Å². The molecule has 1 rings (SSSR count). The molecule has 0 atom stereocenters. The summed E-state index contributed by atoms with van der Waals surface area (Å²) >= 11 is 0. The zero-order valence-electron chi connectivity index (χ0n) is 35.4. The van der Waals surface area contributed by atoms with E-state index in [9.17, 15) is 4.79 Å². The van der Waals surface area contributed by atoms with Gasteiger partial charge in [0.05, 0.1) is 13.2 Å². The number of likely N-dealkylation sites (tertiary alicyclic amines) is 1. The Morgan fingerprint density at radius 3 is 1.49 bits per heavy atom. The summed E-state index contributed by atoms with van der Waals surface area (Å²) in [6.45, 7) is 11.3. The minimum absolute atomic E-state index is 0.152. The molecule has 0 aliphatic carbocycles. The van der Waals surface area contributed by atoms with Crippen molar-refractivity contribution in [1.82, 2.24) is 9.80 Å². The van der Waals surface area contributed by atoms with Crippen molar-refractivity contribution < 1.29 is 14.3 Å². The Balaban J connectivity index is 2.17. The first-order chi connectivity index (χ1) is 26.3. The van der Waals surface area contributed by atoms with E-state index in [2.05, 4.69) is 67.4 Å². The van der Waals surface area contributed by atoms with Crippen LogP contribution in [0, 0.1) is 0 Å². The van der Waals surface area contributed by atoms with Gasteiger partial charge in [-0.1, -0.05) is 152 Å². The van der Waals surface area contributed by atoms with Crippen LogP contribution in [0.4, 0.5) is 4.79 Å². The van der Waals surface area contributed by atoms with Crippen LogP contribution in [0.3, 0.4) is 0 Å². The van der Waals surface area contributed by atoms with Gasteiger partial charge in [-0.05, 0) is 109 Å². The molecule has 53 heavy (non-hydrogen) atoms. The van der Waals surface area contributed by atoms with Gasteiger partial charge in [-0.2, -0.15) is 0 Å². The molecule has 1 amide bonds. The van der Waals surface area contributed by atoms with Crippen LogP contribution in [-0.4, -0.2) is 68.4 Å². The van der Waals surface area contributed by atoms with Gasteiger partial charge in [0.2, 0.25) is 0 Å². The molecule has 308 valence electrons. The van der Waals surface area contributed by atoms with Crippen molar-refractivity contribution in [2.24, 2.45) is 0 Å². The van der Waals surface area contributed by atoms with Crippen molar-refractivity contribution in [2.45, 2.75) is 200 Å². The molecule has 0 bridgehead atoms. The maximum Gasteiger partial charge on any atom is 0.409 e. The molecular weight excluding hydrogens is 653 g/mol. The lowest BCUT2D eigenvalue weighted by Gasteiger charge is -2.23. The number of carbonyl (C=O) groups excluding carboxylic acids is 1. The molecule has 1 heterocycles. The maximum absolute atomic E-state index is 13.1. The number of amides is 1. The third-order valence-electron chi connectivity index (χ3n) is 10.4. The Morgan fingerprint density at radius 2 is 0.962 bits per heavy atom. The fourth-order valence-electron chi connectivity index (χ4n) is 6.95. The van der Waals surface area contributed by atoms with E-state index >= 15 is 0 Å². The number of hydrogen-bond donors (Lipinski definition) is 0. The summed E-state index contributed by atoms with van der Waals surface area (Å²) in [6.07, 6.45) is 54.6. The van der Waals surface area contributed by atoms with E-state index in [-0.39, 0.29) is 6.09 Å². The van der Waals surface area contributed by atoms with E-state index in [1.54, 1.807) is 0 Å². The minimum Gasteiger partial charge on any atom is -0.449 e. The van der Waals surface area contributed by atoms with Crippen LogP contribution < -0.4 is 0 Å². The van der Waals surface area contributed by atoms with Crippen molar-refractivity contribution >= 4 is 6.09 Å². The van der Waals surface area contributed by atoms with Crippen LogP contribution in [0.2, 0.25) is 0 Å². The molecule has 0 saturated carbocycles. The Bertz CT molecular complexity index is 874. The SMILES string of the molecule is CCCCC/C=C\C/C=C\CCCCCCCCOCCN(CCCCCCCC/C=C\C/C=C\CCCCC)C(=O)OCCCN1CCCCCC1. The first kappa shape index (κ1) is 49.2. The van der Waals surface area contributed by atoms with E-state index in [0.29, 0.717) is 19.8 Å². The molecule has 0 aromatic heterocycles. The summed E-state index contributed by atoms with van der Waals surface area (Å²) in [5, 5.41) is 0. The summed E-state index contributed by atoms with van der Waals surface area (Å²) in [7, 11) is 0. The van der Waals surface area contributed by atoms with E-state index in [1.807, 2.05) is 4.90 Å². The standard InChI is InChI=1S/C48H88N2O3/c1-3-5-7-9-11-13-15-17-19-21-23-25-27-29-31-37-43-50(48(51)53-46-39-42-49-40-35-32-33-36-41-49)44-47-52-45-38-34-30-28-26-24-22-20-18-16-14-12-10-8-6-4-2/h11-14,17-20H,3-10,15-16,21-47H2,1-2H3/b13-11-,14-12-,19-17-,20-18-. The lowest BCUT2D eigenvalue weighted by atomic mass is 10.1. The molecule has 0 N–H and O–H groups in total. The van der Waals surface area contributed by atoms with Gasteiger partial charge in [0.25, 0.3) is 0 Å². The number of carbonyl (C=O) groups is 1. The molecule has 0 unspecified atom stereocenters. The second-order valence-corrected chi connectivity index (χ2v) is 15.5. The van der Waals surface area contributed by atoms with E-state index < -0.39 is 0 Å².